The second-order valence-corrected chi connectivity index (χ2v) is 7.22. The van der Waals surface area contributed by atoms with Crippen LogP contribution in [0.25, 0.3) is 11.2 Å². The third kappa shape index (κ3) is 3.31. The first kappa shape index (κ1) is 17.7. The average molecular weight is 396 g/mol. The number of fused-ring (bicyclic) bond motifs is 2. The van der Waals surface area contributed by atoms with Gasteiger partial charge in [-0.2, -0.15) is 24.2 Å². The lowest BCUT2D eigenvalue weighted by Crippen LogP contribution is -2.36. The van der Waals surface area contributed by atoms with E-state index in [-0.39, 0.29) is 12.1 Å². The smallest absolute Gasteiger partial charge is 0.285 e. The van der Waals surface area contributed by atoms with Gasteiger partial charge in [-0.3, -0.25) is 4.68 Å². The molecular weight excluding hydrogens is 378 g/mol. The largest absolute Gasteiger partial charge is 0.384 e. The molecule has 0 saturated carbocycles. The first-order chi connectivity index (χ1) is 14.0. The molecule has 0 bridgehead atoms. The third-order valence-corrected chi connectivity index (χ3v) is 5.05. The van der Waals surface area contributed by atoms with Crippen LogP contribution < -0.4 is 11.1 Å². The minimum atomic E-state index is -2.86. The Kier molecular flexibility index (Phi) is 4.02. The van der Waals surface area contributed by atoms with Crippen molar-refractivity contribution < 1.29 is 8.78 Å². The molecule has 0 unspecified atom stereocenters. The summed E-state index contributed by atoms with van der Waals surface area (Å²) in [4.78, 5) is 4.13. The maximum atomic E-state index is 14.2. The van der Waals surface area contributed by atoms with E-state index in [1.54, 1.807) is 29.1 Å². The fraction of sp³-hybridized carbons (Fsp3) is 0.263. The summed E-state index contributed by atoms with van der Waals surface area (Å²) in [5, 5.41) is 17.8. The number of nitrogens with one attached hydrogen (secondary N) is 2. The molecule has 4 heterocycles. The van der Waals surface area contributed by atoms with Crippen LogP contribution in [0.1, 0.15) is 27.8 Å². The molecule has 3 aromatic heterocycles. The fourth-order valence-corrected chi connectivity index (χ4v) is 3.71. The van der Waals surface area contributed by atoms with Crippen LogP contribution in [-0.4, -0.2) is 36.7 Å². The summed E-state index contributed by atoms with van der Waals surface area (Å²) in [6.07, 6.45) is 4.20. The topological polar surface area (TPSA) is 110 Å². The Labute approximate surface area is 164 Å². The number of aromatic amines is 1. The van der Waals surface area contributed by atoms with E-state index in [1.165, 1.54) is 0 Å². The van der Waals surface area contributed by atoms with Gasteiger partial charge in [0.05, 0.1) is 19.3 Å². The summed E-state index contributed by atoms with van der Waals surface area (Å²) >= 11 is 0. The molecule has 5 rings (SSSR count). The molecule has 0 radical (unpaired) electrons. The van der Waals surface area contributed by atoms with E-state index in [0.29, 0.717) is 42.1 Å². The van der Waals surface area contributed by atoms with Gasteiger partial charge in [0.25, 0.3) is 5.92 Å². The van der Waals surface area contributed by atoms with Crippen LogP contribution in [0.3, 0.4) is 0 Å². The van der Waals surface area contributed by atoms with E-state index >= 15 is 0 Å². The van der Waals surface area contributed by atoms with E-state index in [9.17, 15) is 8.78 Å². The molecule has 0 saturated heterocycles. The molecular formula is C19H18F2N8. The number of aromatic nitrogens is 6. The molecule has 0 spiro atoms. The fourth-order valence-electron chi connectivity index (χ4n) is 3.71. The Morgan fingerprint density at radius 2 is 2.07 bits per heavy atom. The SMILES string of the molecule is Nc1cc(Cc2cnn(Cc3ccc4c(c3)C(F)(F)CNC4)c2)c2n[nH]nc2n1. The third-order valence-electron chi connectivity index (χ3n) is 5.05. The van der Waals surface area contributed by atoms with E-state index in [1.807, 2.05) is 12.3 Å². The van der Waals surface area contributed by atoms with Crippen LogP contribution in [0.5, 0.6) is 0 Å². The second-order valence-electron chi connectivity index (χ2n) is 7.22. The van der Waals surface area contributed by atoms with Crippen molar-refractivity contribution >= 4 is 17.0 Å². The number of nitrogens with zero attached hydrogens (tertiary/aromatic N) is 5. The van der Waals surface area contributed by atoms with Crippen LogP contribution in [0.2, 0.25) is 0 Å². The molecule has 0 fully saturated rings. The predicted octanol–water partition coefficient (Wildman–Crippen LogP) is 1.97. The monoisotopic (exact) mass is 396 g/mol. The molecule has 8 nitrogen and oxygen atoms in total. The first-order valence-corrected chi connectivity index (χ1v) is 9.16. The molecule has 0 amide bonds. The van der Waals surface area contributed by atoms with Crippen LogP contribution in [0, 0.1) is 0 Å². The zero-order valence-electron chi connectivity index (χ0n) is 15.4. The first-order valence-electron chi connectivity index (χ1n) is 9.16. The number of anilines is 1. The molecule has 0 aliphatic carbocycles. The average Bonchev–Trinajstić information content (AvgIpc) is 3.31. The van der Waals surface area contributed by atoms with Crippen molar-refractivity contribution in [1.82, 2.24) is 35.5 Å². The van der Waals surface area contributed by atoms with Gasteiger partial charge in [0.2, 0.25) is 5.65 Å². The van der Waals surface area contributed by atoms with E-state index in [2.05, 4.69) is 30.8 Å². The molecule has 1 aliphatic rings. The van der Waals surface area contributed by atoms with Crippen molar-refractivity contribution in [3.63, 3.8) is 0 Å². The molecule has 4 aromatic rings. The number of pyridine rings is 1. The standard InChI is InChI=1S/C19H18F2N8/c20-19(21)10-23-7-13-2-1-11(4-15(13)19)8-29-9-12(6-24-29)3-14-5-16(22)25-18-17(14)26-28-27-18/h1-2,4-6,9,23H,3,7-8,10H2,(H3,22,25,26,27,28). The number of nitrogens with two attached hydrogens (primary N) is 1. The highest BCUT2D eigenvalue weighted by Crippen LogP contribution is 2.33. The van der Waals surface area contributed by atoms with Gasteiger partial charge in [-0.25, -0.2) is 4.98 Å². The maximum Gasteiger partial charge on any atom is 0.285 e. The highest BCUT2D eigenvalue weighted by atomic mass is 19.3. The number of hydrogen-bond donors (Lipinski definition) is 3. The van der Waals surface area contributed by atoms with Gasteiger partial charge in [-0.1, -0.05) is 12.1 Å². The normalized spacial score (nSPS) is 15.5. The Bertz CT molecular complexity index is 1200. The lowest BCUT2D eigenvalue weighted by atomic mass is 9.95. The number of nitrogen functional groups attached to an aromatic ring is 1. The highest BCUT2D eigenvalue weighted by Gasteiger charge is 2.36. The van der Waals surface area contributed by atoms with Gasteiger partial charge >= 0.3 is 0 Å². The van der Waals surface area contributed by atoms with Crippen molar-refractivity contribution in [2.45, 2.75) is 25.4 Å². The summed E-state index contributed by atoms with van der Waals surface area (Å²) in [6.45, 7) is 0.540. The lowest BCUT2D eigenvalue weighted by molar-refractivity contribution is -0.0108. The summed E-state index contributed by atoms with van der Waals surface area (Å²) < 4.78 is 30.1. The molecule has 1 aromatic carbocycles. The summed E-state index contributed by atoms with van der Waals surface area (Å²) in [7, 11) is 0. The molecule has 0 atom stereocenters. The Hall–Kier alpha value is -3.40. The number of H-pyrrole nitrogens is 1. The second kappa shape index (κ2) is 6.59. The quantitative estimate of drug-likeness (QED) is 0.486. The van der Waals surface area contributed by atoms with Crippen molar-refractivity contribution in [3.8, 4) is 0 Å². The molecule has 148 valence electrons. The van der Waals surface area contributed by atoms with Crippen molar-refractivity contribution in [2.24, 2.45) is 0 Å². The molecule has 1 aliphatic heterocycles. The number of hydrogen-bond acceptors (Lipinski definition) is 6. The Balaban J connectivity index is 1.38. The van der Waals surface area contributed by atoms with E-state index in [0.717, 1.165) is 16.7 Å². The minimum absolute atomic E-state index is 0.0989. The van der Waals surface area contributed by atoms with Gasteiger partial charge in [0.1, 0.15) is 11.3 Å². The zero-order chi connectivity index (χ0) is 20.0. The van der Waals surface area contributed by atoms with Crippen LogP contribution in [-0.2, 0) is 25.4 Å². The van der Waals surface area contributed by atoms with Crippen molar-refractivity contribution in [3.05, 3.63) is 64.5 Å². The van der Waals surface area contributed by atoms with E-state index in [4.69, 9.17) is 5.73 Å². The van der Waals surface area contributed by atoms with Crippen LogP contribution in [0.15, 0.2) is 36.7 Å². The van der Waals surface area contributed by atoms with Crippen molar-refractivity contribution in [2.75, 3.05) is 12.3 Å². The highest BCUT2D eigenvalue weighted by molar-refractivity contribution is 5.76. The Morgan fingerprint density at radius 1 is 1.17 bits per heavy atom. The number of halogens is 2. The number of alkyl halides is 2. The lowest BCUT2D eigenvalue weighted by Gasteiger charge is -2.26. The van der Waals surface area contributed by atoms with Crippen LogP contribution in [0.4, 0.5) is 14.6 Å². The summed E-state index contributed by atoms with van der Waals surface area (Å²) in [5.41, 5.74) is 10.3. The van der Waals surface area contributed by atoms with E-state index < -0.39 is 5.92 Å². The summed E-state index contributed by atoms with van der Waals surface area (Å²) in [6, 6.07) is 6.98. The minimum Gasteiger partial charge on any atom is -0.384 e. The van der Waals surface area contributed by atoms with Crippen LogP contribution >= 0.6 is 0 Å². The van der Waals surface area contributed by atoms with Crippen molar-refractivity contribution in [1.29, 1.82) is 0 Å². The molecule has 4 N–H and O–H groups in total. The Morgan fingerprint density at radius 3 is 2.97 bits per heavy atom. The zero-order valence-corrected chi connectivity index (χ0v) is 15.4. The van der Waals surface area contributed by atoms with Gasteiger partial charge in [-0.05, 0) is 34.4 Å². The number of benzene rings is 1. The number of rotatable bonds is 4. The van der Waals surface area contributed by atoms with Gasteiger partial charge in [0, 0.05) is 24.7 Å². The summed E-state index contributed by atoms with van der Waals surface area (Å²) in [5.74, 6) is -2.48. The predicted molar refractivity (Wildman–Crippen MR) is 102 cm³/mol. The van der Waals surface area contributed by atoms with Gasteiger partial charge in [0.15, 0.2) is 0 Å². The molecule has 10 heteroatoms. The van der Waals surface area contributed by atoms with Gasteiger partial charge in [-0.15, -0.1) is 5.10 Å². The maximum absolute atomic E-state index is 14.2. The van der Waals surface area contributed by atoms with Gasteiger partial charge < -0.3 is 11.1 Å². The molecule has 29 heavy (non-hydrogen) atoms.